The van der Waals surface area contributed by atoms with Crippen LogP contribution in [-0.4, -0.2) is 27.6 Å². The topological polar surface area (TPSA) is 46.9 Å². The van der Waals surface area contributed by atoms with Crippen LogP contribution in [0.1, 0.15) is 30.6 Å². The molecule has 0 bridgehead atoms. The molecule has 5 heteroatoms. The first kappa shape index (κ1) is 13.2. The van der Waals surface area contributed by atoms with Gasteiger partial charge in [0.05, 0.1) is 11.8 Å². The average molecular weight is 288 g/mol. The monoisotopic (exact) mass is 287 g/mol. The third kappa shape index (κ3) is 3.96. The molecule has 0 atom stereocenters. The number of halogens is 1. The van der Waals surface area contributed by atoms with Crippen LogP contribution >= 0.6 is 15.9 Å². The van der Waals surface area contributed by atoms with Crippen LogP contribution in [-0.2, 0) is 7.05 Å². The summed E-state index contributed by atoms with van der Waals surface area (Å²) in [4.78, 5) is 11.7. The second-order valence-corrected chi connectivity index (χ2v) is 5.48. The fraction of sp³-hybridized carbons (Fsp3) is 0.636. The second-order valence-electron chi connectivity index (χ2n) is 4.69. The molecule has 1 heterocycles. The van der Waals surface area contributed by atoms with E-state index in [0.29, 0.717) is 12.1 Å². The van der Waals surface area contributed by atoms with Crippen LogP contribution < -0.4 is 5.32 Å². The molecule has 0 fully saturated rings. The van der Waals surface area contributed by atoms with Crippen molar-refractivity contribution in [3.8, 4) is 0 Å². The molecule has 1 N–H and O–H groups in total. The van der Waals surface area contributed by atoms with Crippen LogP contribution in [0.2, 0.25) is 0 Å². The van der Waals surface area contributed by atoms with Crippen molar-refractivity contribution in [2.75, 3.05) is 11.9 Å². The smallest absolute Gasteiger partial charge is 0.254 e. The number of hydrogen-bond acceptors (Lipinski definition) is 2. The number of nitrogens with one attached hydrogen (secondary N) is 1. The maximum absolute atomic E-state index is 11.7. The molecule has 1 aromatic rings. The summed E-state index contributed by atoms with van der Waals surface area (Å²) in [6, 6.07) is 0. The number of carbonyl (C=O) groups excluding carboxylic acids is 1. The normalized spacial score (nSPS) is 11.5. The minimum atomic E-state index is -0.0595. The molecule has 1 amide bonds. The number of hydrogen-bond donors (Lipinski definition) is 1. The highest BCUT2D eigenvalue weighted by molar-refractivity contribution is 9.09. The van der Waals surface area contributed by atoms with E-state index in [-0.39, 0.29) is 11.3 Å². The molecule has 0 aliphatic rings. The van der Waals surface area contributed by atoms with Crippen LogP contribution in [0.15, 0.2) is 12.4 Å². The van der Waals surface area contributed by atoms with Gasteiger partial charge in [-0.3, -0.25) is 9.48 Å². The molecular weight excluding hydrogens is 270 g/mol. The summed E-state index contributed by atoms with van der Waals surface area (Å²) < 4.78 is 1.62. The molecule has 0 saturated heterocycles. The predicted molar refractivity (Wildman–Crippen MR) is 67.7 cm³/mol. The minimum absolute atomic E-state index is 0.0595. The average Bonchev–Trinajstić information content (AvgIpc) is 2.61. The fourth-order valence-electron chi connectivity index (χ4n) is 1.30. The van der Waals surface area contributed by atoms with Crippen LogP contribution in [0, 0.1) is 5.41 Å². The van der Waals surface area contributed by atoms with Gasteiger partial charge in [0.25, 0.3) is 5.91 Å². The number of alkyl halides is 1. The van der Waals surface area contributed by atoms with Gasteiger partial charge >= 0.3 is 0 Å². The Morgan fingerprint density at radius 2 is 2.31 bits per heavy atom. The van der Waals surface area contributed by atoms with E-state index >= 15 is 0 Å². The van der Waals surface area contributed by atoms with Gasteiger partial charge < -0.3 is 5.32 Å². The van der Waals surface area contributed by atoms with Crippen LogP contribution in [0.5, 0.6) is 0 Å². The third-order valence-corrected chi connectivity index (χ3v) is 2.86. The van der Waals surface area contributed by atoms with Crippen molar-refractivity contribution in [2.24, 2.45) is 12.5 Å². The Morgan fingerprint density at radius 3 is 2.81 bits per heavy atom. The molecule has 16 heavy (non-hydrogen) atoms. The van der Waals surface area contributed by atoms with Gasteiger partial charge in [-0.25, -0.2) is 0 Å². The van der Waals surface area contributed by atoms with Crippen molar-refractivity contribution in [2.45, 2.75) is 20.3 Å². The summed E-state index contributed by atoms with van der Waals surface area (Å²) in [5.74, 6) is -0.0595. The molecule has 0 aliphatic carbocycles. The maximum Gasteiger partial charge on any atom is 0.254 e. The fourth-order valence-corrected chi connectivity index (χ4v) is 2.38. The van der Waals surface area contributed by atoms with E-state index < -0.39 is 0 Å². The summed E-state index contributed by atoms with van der Waals surface area (Å²) in [5, 5.41) is 7.84. The van der Waals surface area contributed by atoms with E-state index in [1.165, 1.54) is 0 Å². The predicted octanol–water partition coefficient (Wildman–Crippen LogP) is 1.96. The van der Waals surface area contributed by atoms with E-state index in [1.54, 1.807) is 24.1 Å². The first-order chi connectivity index (χ1) is 7.44. The number of carbonyl (C=O) groups is 1. The Bertz CT molecular complexity index is 360. The maximum atomic E-state index is 11.7. The highest BCUT2D eigenvalue weighted by atomic mass is 79.9. The van der Waals surface area contributed by atoms with E-state index in [2.05, 4.69) is 40.2 Å². The van der Waals surface area contributed by atoms with Crippen molar-refractivity contribution >= 4 is 21.8 Å². The van der Waals surface area contributed by atoms with Gasteiger partial charge in [0.15, 0.2) is 0 Å². The van der Waals surface area contributed by atoms with E-state index in [4.69, 9.17) is 0 Å². The van der Waals surface area contributed by atoms with Gasteiger partial charge in [-0.15, -0.1) is 0 Å². The zero-order chi connectivity index (χ0) is 12.2. The highest BCUT2D eigenvalue weighted by Crippen LogP contribution is 2.20. The van der Waals surface area contributed by atoms with Crippen LogP contribution in [0.4, 0.5) is 0 Å². The lowest BCUT2D eigenvalue weighted by Gasteiger charge is -2.23. The lowest BCUT2D eigenvalue weighted by molar-refractivity contribution is 0.0936. The largest absolute Gasteiger partial charge is 0.351 e. The van der Waals surface area contributed by atoms with Gasteiger partial charge in [0.2, 0.25) is 0 Å². The van der Waals surface area contributed by atoms with E-state index in [1.807, 2.05) is 0 Å². The minimum Gasteiger partial charge on any atom is -0.351 e. The zero-order valence-corrected chi connectivity index (χ0v) is 11.5. The third-order valence-electron chi connectivity index (χ3n) is 2.47. The van der Waals surface area contributed by atoms with Gasteiger partial charge in [-0.05, 0) is 11.8 Å². The van der Waals surface area contributed by atoms with Gasteiger partial charge in [0.1, 0.15) is 0 Å². The van der Waals surface area contributed by atoms with Crippen LogP contribution in [0.3, 0.4) is 0 Å². The molecule has 0 saturated carbocycles. The molecule has 1 aromatic heterocycles. The summed E-state index contributed by atoms with van der Waals surface area (Å²) >= 11 is 3.41. The molecule has 0 aliphatic heterocycles. The summed E-state index contributed by atoms with van der Waals surface area (Å²) in [6.07, 6.45) is 4.32. The molecule has 90 valence electrons. The van der Waals surface area contributed by atoms with Crippen molar-refractivity contribution in [3.05, 3.63) is 18.0 Å². The van der Waals surface area contributed by atoms with E-state index in [9.17, 15) is 4.79 Å². The first-order valence-corrected chi connectivity index (χ1v) is 6.39. The Balaban J connectivity index is 2.47. The Kier molecular flexibility index (Phi) is 4.53. The molecule has 1 rings (SSSR count). The quantitative estimate of drug-likeness (QED) is 0.842. The summed E-state index contributed by atoms with van der Waals surface area (Å²) in [5.41, 5.74) is 0.721. The number of aryl methyl sites for hydroxylation is 1. The highest BCUT2D eigenvalue weighted by Gasteiger charge is 2.18. The van der Waals surface area contributed by atoms with Gasteiger partial charge in [-0.2, -0.15) is 5.10 Å². The molecule has 0 radical (unpaired) electrons. The van der Waals surface area contributed by atoms with E-state index in [0.717, 1.165) is 11.8 Å². The number of rotatable bonds is 5. The van der Waals surface area contributed by atoms with Crippen molar-refractivity contribution in [3.63, 3.8) is 0 Å². The summed E-state index contributed by atoms with van der Waals surface area (Å²) in [7, 11) is 1.80. The molecule has 4 nitrogen and oxygen atoms in total. The number of amides is 1. The number of aromatic nitrogens is 2. The second kappa shape index (κ2) is 5.48. The van der Waals surface area contributed by atoms with Crippen molar-refractivity contribution in [1.29, 1.82) is 0 Å². The SMILES string of the molecule is Cn1cc(C(=O)NCC(C)(C)CCBr)cn1. The van der Waals surface area contributed by atoms with Crippen molar-refractivity contribution < 1.29 is 4.79 Å². The lowest BCUT2D eigenvalue weighted by atomic mass is 9.90. The van der Waals surface area contributed by atoms with Gasteiger partial charge in [0, 0.05) is 25.1 Å². The van der Waals surface area contributed by atoms with Crippen LogP contribution in [0.25, 0.3) is 0 Å². The first-order valence-electron chi connectivity index (χ1n) is 5.27. The number of nitrogens with zero attached hydrogens (tertiary/aromatic N) is 2. The standard InChI is InChI=1S/C11H18BrN3O/c1-11(2,4-5-12)8-13-10(16)9-6-14-15(3)7-9/h6-7H,4-5,8H2,1-3H3,(H,13,16). The molecule has 0 aromatic carbocycles. The summed E-state index contributed by atoms with van der Waals surface area (Å²) in [6.45, 7) is 4.95. The Morgan fingerprint density at radius 1 is 1.62 bits per heavy atom. The zero-order valence-electron chi connectivity index (χ0n) is 9.96. The molecule has 0 spiro atoms. The molecular formula is C11H18BrN3O. The van der Waals surface area contributed by atoms with Gasteiger partial charge in [-0.1, -0.05) is 29.8 Å². The molecule has 0 unspecified atom stereocenters. The Labute approximate surface area is 105 Å². The Hall–Kier alpha value is -0.840. The lowest BCUT2D eigenvalue weighted by Crippen LogP contribution is -2.34. The van der Waals surface area contributed by atoms with Crippen molar-refractivity contribution in [1.82, 2.24) is 15.1 Å².